The van der Waals surface area contributed by atoms with E-state index in [1.807, 2.05) is 13.8 Å². The number of hydrogen-bond donors (Lipinski definition) is 0. The summed E-state index contributed by atoms with van der Waals surface area (Å²) < 4.78 is 0. The molecule has 0 bridgehead atoms. The number of hydrogen-bond acceptors (Lipinski definition) is 1. The lowest BCUT2D eigenvalue weighted by atomic mass is 10.1. The van der Waals surface area contributed by atoms with E-state index >= 15 is 0 Å². The first-order valence-corrected chi connectivity index (χ1v) is 4.53. The highest BCUT2D eigenvalue weighted by Gasteiger charge is 1.88. The molecule has 1 heteroatoms. The van der Waals surface area contributed by atoms with Crippen LogP contribution in [0, 0.1) is 11.8 Å². The van der Waals surface area contributed by atoms with Gasteiger partial charge >= 0.3 is 0 Å². The zero-order chi connectivity index (χ0) is 9.28. The van der Waals surface area contributed by atoms with Crippen LogP contribution in [0.1, 0.15) is 47.5 Å². The maximum Gasteiger partial charge on any atom is 0.122 e. The number of carbonyl (C=O) groups excluding carboxylic acids is 1. The third kappa shape index (κ3) is 17.7. The third-order valence-electron chi connectivity index (χ3n) is 1.67. The van der Waals surface area contributed by atoms with E-state index in [2.05, 4.69) is 20.8 Å². The molecule has 0 fully saturated rings. The van der Waals surface area contributed by atoms with Crippen molar-refractivity contribution in [2.45, 2.75) is 47.5 Å². The van der Waals surface area contributed by atoms with E-state index in [-0.39, 0.29) is 5.92 Å². The molecule has 0 aromatic carbocycles. The topological polar surface area (TPSA) is 17.1 Å². The first-order chi connectivity index (χ1) is 5.08. The molecular weight excluding hydrogens is 136 g/mol. The Morgan fingerprint density at radius 1 is 1.09 bits per heavy atom. The Bertz CT molecular complexity index is 72.9. The van der Waals surface area contributed by atoms with Crippen molar-refractivity contribution in [1.29, 1.82) is 0 Å². The molecule has 0 unspecified atom stereocenters. The van der Waals surface area contributed by atoms with Gasteiger partial charge < -0.3 is 4.79 Å². The molecular formula is C10H22O. The van der Waals surface area contributed by atoms with Crippen LogP contribution in [0.2, 0.25) is 0 Å². The second-order valence-corrected chi connectivity index (χ2v) is 3.30. The summed E-state index contributed by atoms with van der Waals surface area (Å²) in [5, 5.41) is 0. The van der Waals surface area contributed by atoms with Crippen LogP contribution in [-0.2, 0) is 4.79 Å². The van der Waals surface area contributed by atoms with E-state index in [1.54, 1.807) is 0 Å². The Balaban J connectivity index is 0. The molecule has 0 saturated heterocycles. The predicted octanol–water partition coefficient (Wildman–Crippen LogP) is 3.28. The van der Waals surface area contributed by atoms with Gasteiger partial charge in [-0.05, 0) is 5.92 Å². The van der Waals surface area contributed by atoms with Crippen molar-refractivity contribution >= 4 is 6.29 Å². The molecule has 0 saturated carbocycles. The molecule has 0 N–H and O–H groups in total. The SMILES string of the molecule is CC(C)C=O.CCC(C)CC. The van der Waals surface area contributed by atoms with E-state index < -0.39 is 0 Å². The van der Waals surface area contributed by atoms with Crippen molar-refractivity contribution < 1.29 is 4.79 Å². The van der Waals surface area contributed by atoms with Gasteiger partial charge in [0.2, 0.25) is 0 Å². The Morgan fingerprint density at radius 2 is 1.36 bits per heavy atom. The average molecular weight is 158 g/mol. The molecule has 0 aliphatic rings. The quantitative estimate of drug-likeness (QED) is 0.576. The summed E-state index contributed by atoms with van der Waals surface area (Å²) in [6.45, 7) is 10.4. The van der Waals surface area contributed by atoms with Crippen LogP contribution in [0.5, 0.6) is 0 Å². The van der Waals surface area contributed by atoms with Crippen LogP contribution in [0.4, 0.5) is 0 Å². The molecule has 68 valence electrons. The Labute approximate surface area is 71.2 Å². The van der Waals surface area contributed by atoms with Crippen molar-refractivity contribution in [3.05, 3.63) is 0 Å². The fourth-order valence-corrected chi connectivity index (χ4v) is 0.289. The van der Waals surface area contributed by atoms with Crippen molar-refractivity contribution in [2.75, 3.05) is 0 Å². The van der Waals surface area contributed by atoms with Crippen LogP contribution >= 0.6 is 0 Å². The number of rotatable bonds is 3. The van der Waals surface area contributed by atoms with Gasteiger partial charge in [0.15, 0.2) is 0 Å². The Kier molecular flexibility index (Phi) is 11.7. The molecule has 0 spiro atoms. The minimum Gasteiger partial charge on any atom is -0.303 e. The second kappa shape index (κ2) is 9.67. The van der Waals surface area contributed by atoms with Crippen LogP contribution in [0.3, 0.4) is 0 Å². The van der Waals surface area contributed by atoms with Crippen LogP contribution in [-0.4, -0.2) is 6.29 Å². The molecule has 0 aromatic rings. The fraction of sp³-hybridized carbons (Fsp3) is 0.900. The van der Waals surface area contributed by atoms with Gasteiger partial charge in [-0.15, -0.1) is 0 Å². The summed E-state index contributed by atoms with van der Waals surface area (Å²) in [6, 6.07) is 0. The minimum absolute atomic E-state index is 0.204. The summed E-state index contributed by atoms with van der Waals surface area (Å²) in [5.41, 5.74) is 0. The second-order valence-electron chi connectivity index (χ2n) is 3.30. The summed E-state index contributed by atoms with van der Waals surface area (Å²) in [4.78, 5) is 9.50. The lowest BCUT2D eigenvalue weighted by molar-refractivity contribution is -0.110. The Morgan fingerprint density at radius 3 is 1.36 bits per heavy atom. The first-order valence-electron chi connectivity index (χ1n) is 4.53. The largest absolute Gasteiger partial charge is 0.303 e. The molecule has 0 radical (unpaired) electrons. The molecule has 0 atom stereocenters. The third-order valence-corrected chi connectivity index (χ3v) is 1.67. The van der Waals surface area contributed by atoms with E-state index in [1.165, 1.54) is 12.8 Å². The van der Waals surface area contributed by atoms with Gasteiger partial charge in [0.05, 0.1) is 0 Å². The van der Waals surface area contributed by atoms with E-state index in [9.17, 15) is 4.79 Å². The molecule has 0 aliphatic carbocycles. The summed E-state index contributed by atoms with van der Waals surface area (Å²) in [7, 11) is 0. The molecule has 11 heavy (non-hydrogen) atoms. The van der Waals surface area contributed by atoms with Gasteiger partial charge in [0, 0.05) is 5.92 Å². The van der Waals surface area contributed by atoms with E-state index in [4.69, 9.17) is 0 Å². The monoisotopic (exact) mass is 158 g/mol. The lowest BCUT2D eigenvalue weighted by Crippen LogP contribution is -1.85. The molecule has 0 rings (SSSR count). The van der Waals surface area contributed by atoms with Gasteiger partial charge in [-0.2, -0.15) is 0 Å². The van der Waals surface area contributed by atoms with Gasteiger partial charge in [0.1, 0.15) is 6.29 Å². The average Bonchev–Trinajstić information content (AvgIpc) is 2.04. The lowest BCUT2D eigenvalue weighted by Gasteiger charge is -1.98. The highest BCUT2D eigenvalue weighted by molar-refractivity contribution is 5.51. The molecule has 0 heterocycles. The highest BCUT2D eigenvalue weighted by Crippen LogP contribution is 2.02. The maximum absolute atomic E-state index is 9.50. The van der Waals surface area contributed by atoms with Gasteiger partial charge in [-0.25, -0.2) is 0 Å². The molecule has 0 aromatic heterocycles. The number of carbonyl (C=O) groups is 1. The van der Waals surface area contributed by atoms with Gasteiger partial charge in [-0.3, -0.25) is 0 Å². The highest BCUT2D eigenvalue weighted by atomic mass is 16.1. The van der Waals surface area contributed by atoms with Gasteiger partial charge in [0.25, 0.3) is 0 Å². The zero-order valence-corrected chi connectivity index (χ0v) is 8.55. The first kappa shape index (κ1) is 13.3. The van der Waals surface area contributed by atoms with E-state index in [0.29, 0.717) is 0 Å². The van der Waals surface area contributed by atoms with E-state index in [0.717, 1.165) is 12.2 Å². The summed E-state index contributed by atoms with van der Waals surface area (Å²) in [5.74, 6) is 1.14. The van der Waals surface area contributed by atoms with Crippen LogP contribution in [0.25, 0.3) is 0 Å². The maximum atomic E-state index is 9.50. The summed E-state index contributed by atoms with van der Waals surface area (Å²) >= 11 is 0. The van der Waals surface area contributed by atoms with Crippen molar-refractivity contribution in [1.82, 2.24) is 0 Å². The zero-order valence-electron chi connectivity index (χ0n) is 8.55. The van der Waals surface area contributed by atoms with Gasteiger partial charge in [-0.1, -0.05) is 47.5 Å². The Hall–Kier alpha value is -0.330. The van der Waals surface area contributed by atoms with Crippen molar-refractivity contribution in [2.24, 2.45) is 11.8 Å². The minimum atomic E-state index is 0.204. The number of aldehydes is 1. The molecule has 1 nitrogen and oxygen atoms in total. The standard InChI is InChI=1S/C6H14.C4H8O/c1-4-6(3)5-2;1-4(2)3-5/h6H,4-5H2,1-3H3;3-4H,1-2H3. The summed E-state index contributed by atoms with van der Waals surface area (Å²) in [6.07, 6.45) is 3.58. The normalized spacial score (nSPS) is 9.36. The predicted molar refractivity (Wildman–Crippen MR) is 50.6 cm³/mol. The van der Waals surface area contributed by atoms with Crippen LogP contribution in [0.15, 0.2) is 0 Å². The smallest absolute Gasteiger partial charge is 0.122 e. The fourth-order valence-electron chi connectivity index (χ4n) is 0.289. The molecule has 0 aliphatic heterocycles. The van der Waals surface area contributed by atoms with Crippen LogP contribution < -0.4 is 0 Å². The van der Waals surface area contributed by atoms with Crippen molar-refractivity contribution in [3.8, 4) is 0 Å². The molecule has 0 amide bonds. The van der Waals surface area contributed by atoms with Crippen molar-refractivity contribution in [3.63, 3.8) is 0 Å².